The molecule has 1 aliphatic rings. The van der Waals surface area contributed by atoms with Crippen molar-refractivity contribution in [1.29, 1.82) is 0 Å². The first-order chi connectivity index (χ1) is 17.7. The summed E-state index contributed by atoms with van der Waals surface area (Å²) in [7, 11) is 0. The van der Waals surface area contributed by atoms with Crippen molar-refractivity contribution in [1.82, 2.24) is 40.2 Å². The number of anilines is 2. The maximum Gasteiger partial charge on any atom is 0.228 e. The SMILES string of the molecule is CC(NC(=O)C1(C)CCCC1)c1ccc(-n2cc(F)cn2)nc1.Cc1ccnc(Nc2cc(C)[nH]n2)n1. The van der Waals surface area contributed by atoms with Crippen molar-refractivity contribution in [3.63, 3.8) is 0 Å². The second-order valence-electron chi connectivity index (χ2n) is 9.60. The number of hydrogen-bond acceptors (Lipinski definition) is 7. The van der Waals surface area contributed by atoms with E-state index in [0.29, 0.717) is 11.8 Å². The lowest BCUT2D eigenvalue weighted by molar-refractivity contribution is -0.130. The van der Waals surface area contributed by atoms with Gasteiger partial charge in [-0.15, -0.1) is 0 Å². The molecule has 1 aliphatic carbocycles. The molecule has 0 aliphatic heterocycles. The zero-order valence-corrected chi connectivity index (χ0v) is 21.5. The number of aromatic amines is 1. The molecule has 4 heterocycles. The molecular weight excluding hydrogens is 473 g/mol. The summed E-state index contributed by atoms with van der Waals surface area (Å²) in [5.74, 6) is 1.55. The number of hydrogen-bond donors (Lipinski definition) is 3. The highest BCUT2D eigenvalue weighted by atomic mass is 19.1. The van der Waals surface area contributed by atoms with Gasteiger partial charge in [0.25, 0.3) is 0 Å². The van der Waals surface area contributed by atoms with Gasteiger partial charge in [-0.2, -0.15) is 10.2 Å². The van der Waals surface area contributed by atoms with Gasteiger partial charge in [0.2, 0.25) is 11.9 Å². The molecule has 11 heteroatoms. The first-order valence-electron chi connectivity index (χ1n) is 12.3. The second-order valence-corrected chi connectivity index (χ2v) is 9.60. The Morgan fingerprint density at radius 1 is 1.16 bits per heavy atom. The normalized spacial score (nSPS) is 14.9. The molecule has 1 amide bonds. The number of nitrogens with one attached hydrogen (secondary N) is 3. The number of halogens is 1. The Labute approximate surface area is 215 Å². The largest absolute Gasteiger partial charge is 0.349 e. The van der Waals surface area contributed by atoms with E-state index in [1.165, 1.54) is 10.9 Å². The Morgan fingerprint density at radius 2 is 1.95 bits per heavy atom. The van der Waals surface area contributed by atoms with Gasteiger partial charge in [0, 0.05) is 35.3 Å². The average molecular weight is 506 g/mol. The number of H-pyrrole nitrogens is 1. The van der Waals surface area contributed by atoms with Gasteiger partial charge >= 0.3 is 0 Å². The lowest BCUT2D eigenvalue weighted by Crippen LogP contribution is -2.38. The van der Waals surface area contributed by atoms with Crippen LogP contribution in [-0.2, 0) is 4.79 Å². The van der Waals surface area contributed by atoms with E-state index in [2.05, 4.69) is 40.9 Å². The summed E-state index contributed by atoms with van der Waals surface area (Å²) in [6, 6.07) is 7.27. The highest BCUT2D eigenvalue weighted by Crippen LogP contribution is 2.38. The molecule has 1 unspecified atom stereocenters. The van der Waals surface area contributed by atoms with Gasteiger partial charge in [0.15, 0.2) is 17.5 Å². The summed E-state index contributed by atoms with van der Waals surface area (Å²) < 4.78 is 14.4. The van der Waals surface area contributed by atoms with Crippen molar-refractivity contribution in [3.05, 3.63) is 71.8 Å². The number of pyridine rings is 1. The number of aromatic nitrogens is 7. The van der Waals surface area contributed by atoms with Crippen molar-refractivity contribution in [2.45, 2.75) is 59.4 Å². The predicted molar refractivity (Wildman–Crippen MR) is 138 cm³/mol. The van der Waals surface area contributed by atoms with E-state index >= 15 is 0 Å². The molecule has 4 aromatic heterocycles. The first-order valence-corrected chi connectivity index (χ1v) is 12.3. The van der Waals surface area contributed by atoms with Crippen LogP contribution in [0.15, 0.2) is 49.1 Å². The topological polar surface area (TPSA) is 126 Å². The minimum atomic E-state index is -0.402. The number of nitrogens with zero attached hydrogens (tertiary/aromatic N) is 6. The Hall–Kier alpha value is -4.15. The average Bonchev–Trinajstić information content (AvgIpc) is 3.62. The van der Waals surface area contributed by atoms with E-state index < -0.39 is 5.82 Å². The van der Waals surface area contributed by atoms with Gasteiger partial charge in [-0.1, -0.05) is 25.8 Å². The Morgan fingerprint density at radius 3 is 2.54 bits per heavy atom. The number of rotatable bonds is 6. The quantitative estimate of drug-likeness (QED) is 0.346. The van der Waals surface area contributed by atoms with Crippen LogP contribution in [0.1, 0.15) is 62.5 Å². The van der Waals surface area contributed by atoms with Crippen molar-refractivity contribution in [2.24, 2.45) is 5.41 Å². The van der Waals surface area contributed by atoms with Crippen molar-refractivity contribution < 1.29 is 9.18 Å². The zero-order chi connectivity index (χ0) is 26.4. The number of carbonyl (C=O) groups is 1. The summed E-state index contributed by atoms with van der Waals surface area (Å²) in [6.45, 7) is 7.84. The van der Waals surface area contributed by atoms with Crippen LogP contribution in [0.3, 0.4) is 0 Å². The third-order valence-electron chi connectivity index (χ3n) is 6.40. The van der Waals surface area contributed by atoms with Gasteiger partial charge in [-0.3, -0.25) is 9.89 Å². The minimum Gasteiger partial charge on any atom is -0.349 e. The van der Waals surface area contributed by atoms with E-state index in [1.54, 1.807) is 18.5 Å². The molecule has 0 radical (unpaired) electrons. The fourth-order valence-electron chi connectivity index (χ4n) is 4.16. The molecule has 3 N–H and O–H groups in total. The van der Waals surface area contributed by atoms with E-state index in [-0.39, 0.29) is 17.4 Å². The lowest BCUT2D eigenvalue weighted by atomic mass is 9.87. The number of amides is 1. The Kier molecular flexibility index (Phi) is 7.90. The van der Waals surface area contributed by atoms with Crippen LogP contribution in [0.25, 0.3) is 5.82 Å². The van der Waals surface area contributed by atoms with Crippen molar-refractivity contribution in [3.8, 4) is 5.82 Å². The van der Waals surface area contributed by atoms with Crippen LogP contribution in [0.2, 0.25) is 0 Å². The fraction of sp³-hybridized carbons (Fsp3) is 0.385. The fourth-order valence-corrected chi connectivity index (χ4v) is 4.16. The number of carbonyl (C=O) groups excluding carboxylic acids is 1. The monoisotopic (exact) mass is 505 g/mol. The van der Waals surface area contributed by atoms with Crippen molar-refractivity contribution >= 4 is 17.7 Å². The lowest BCUT2D eigenvalue weighted by Gasteiger charge is -2.25. The molecule has 5 rings (SSSR count). The molecule has 37 heavy (non-hydrogen) atoms. The van der Waals surface area contributed by atoms with Crippen LogP contribution in [0, 0.1) is 25.1 Å². The Bertz CT molecular complexity index is 1330. The van der Waals surface area contributed by atoms with E-state index in [0.717, 1.165) is 54.6 Å². The number of aryl methyl sites for hydroxylation is 2. The van der Waals surface area contributed by atoms with Gasteiger partial charge in [-0.25, -0.2) is 24.0 Å². The maximum absolute atomic E-state index is 13.0. The van der Waals surface area contributed by atoms with E-state index in [9.17, 15) is 9.18 Å². The van der Waals surface area contributed by atoms with Crippen LogP contribution < -0.4 is 10.6 Å². The van der Waals surface area contributed by atoms with Gasteiger partial charge in [-0.05, 0) is 51.3 Å². The third-order valence-corrected chi connectivity index (χ3v) is 6.40. The summed E-state index contributed by atoms with van der Waals surface area (Å²) >= 11 is 0. The second kappa shape index (κ2) is 11.3. The molecule has 1 fully saturated rings. The molecule has 1 saturated carbocycles. The molecular formula is C26H32FN9O. The Balaban J connectivity index is 0.000000195. The summed E-state index contributed by atoms with van der Waals surface area (Å²) in [6.07, 6.45) is 9.96. The minimum absolute atomic E-state index is 0.112. The van der Waals surface area contributed by atoms with Gasteiger partial charge in [0.1, 0.15) is 0 Å². The molecule has 0 saturated heterocycles. The van der Waals surface area contributed by atoms with Crippen molar-refractivity contribution in [2.75, 3.05) is 5.32 Å². The summed E-state index contributed by atoms with van der Waals surface area (Å²) in [5, 5.41) is 16.8. The van der Waals surface area contributed by atoms with E-state index in [1.807, 2.05) is 45.9 Å². The summed E-state index contributed by atoms with van der Waals surface area (Å²) in [5.41, 5.74) is 2.60. The third kappa shape index (κ3) is 6.75. The van der Waals surface area contributed by atoms with E-state index in [4.69, 9.17) is 0 Å². The highest BCUT2D eigenvalue weighted by Gasteiger charge is 2.36. The van der Waals surface area contributed by atoms with Gasteiger partial charge in [0.05, 0.1) is 18.4 Å². The molecule has 0 bridgehead atoms. The highest BCUT2D eigenvalue weighted by molar-refractivity contribution is 5.82. The van der Waals surface area contributed by atoms with Crippen LogP contribution >= 0.6 is 0 Å². The van der Waals surface area contributed by atoms with Gasteiger partial charge < -0.3 is 10.6 Å². The first kappa shape index (κ1) is 25.9. The smallest absolute Gasteiger partial charge is 0.228 e. The zero-order valence-electron chi connectivity index (χ0n) is 21.5. The van der Waals surface area contributed by atoms with Crippen LogP contribution in [-0.4, -0.2) is 40.8 Å². The molecule has 194 valence electrons. The molecule has 10 nitrogen and oxygen atoms in total. The standard InChI is InChI=1S/C17H21FN4O.C9H11N5/c1-12(21-16(23)17(2)7-3-4-8-17)13-5-6-15(19-9-13)22-11-14(18)10-20-22;1-6-3-4-10-9(11-6)12-8-5-7(2)13-14-8/h5-6,9-12H,3-4,7-8H2,1-2H3,(H,21,23);3-5H,1-2H3,(H2,10,11,12,13,14). The maximum atomic E-state index is 13.0. The molecule has 0 spiro atoms. The molecule has 4 aromatic rings. The summed E-state index contributed by atoms with van der Waals surface area (Å²) in [4.78, 5) is 25.0. The molecule has 1 atom stereocenters. The predicted octanol–water partition coefficient (Wildman–Crippen LogP) is 4.72. The van der Waals surface area contributed by atoms with Crippen LogP contribution in [0.5, 0.6) is 0 Å². The molecule has 0 aromatic carbocycles. The van der Waals surface area contributed by atoms with Crippen LogP contribution in [0.4, 0.5) is 16.2 Å².